The molecule has 3 nitrogen and oxygen atoms in total. The molecule has 6 heteroatoms. The quantitative estimate of drug-likeness (QED) is 0.475. The Kier molecular flexibility index (Phi) is 6.76. The highest BCUT2D eigenvalue weighted by atomic mass is 35.5. The fourth-order valence-corrected chi connectivity index (χ4v) is 5.67. The molecule has 1 heterocycles. The van der Waals surface area contributed by atoms with E-state index in [1.54, 1.807) is 0 Å². The number of allylic oxidation sites excluding steroid dienone is 1. The van der Waals surface area contributed by atoms with Gasteiger partial charge in [-0.2, -0.15) is 0 Å². The lowest BCUT2D eigenvalue weighted by atomic mass is 9.63. The van der Waals surface area contributed by atoms with E-state index in [2.05, 4.69) is 17.4 Å². The van der Waals surface area contributed by atoms with Crippen LogP contribution < -0.4 is 5.32 Å². The van der Waals surface area contributed by atoms with Gasteiger partial charge in [-0.25, -0.2) is 0 Å². The van der Waals surface area contributed by atoms with Crippen molar-refractivity contribution in [2.45, 2.75) is 38.5 Å². The molecule has 0 bridgehead atoms. The molecule has 1 N–H and O–H groups in total. The normalized spacial score (nSPS) is 25.7. The second kappa shape index (κ2) is 9.36. The van der Waals surface area contributed by atoms with Crippen LogP contribution in [0.1, 0.15) is 49.7 Å². The summed E-state index contributed by atoms with van der Waals surface area (Å²) in [5.74, 6) is 1.71. The maximum atomic E-state index is 12.5. The van der Waals surface area contributed by atoms with E-state index >= 15 is 0 Å². The number of rotatable bonds is 3. The molecule has 2 aromatic carbocycles. The summed E-state index contributed by atoms with van der Waals surface area (Å²) in [4.78, 5) is 17.2. The van der Waals surface area contributed by atoms with E-state index in [9.17, 15) is 4.79 Å². The van der Waals surface area contributed by atoms with Gasteiger partial charge in [0.1, 0.15) is 5.84 Å². The Balaban J connectivity index is 1.68. The minimum Gasteiger partial charge on any atom is -0.310 e. The summed E-state index contributed by atoms with van der Waals surface area (Å²) >= 11 is 19.0. The predicted molar refractivity (Wildman–Crippen MR) is 129 cm³/mol. The smallest absolute Gasteiger partial charge is 0.251 e. The third-order valence-corrected chi connectivity index (χ3v) is 7.49. The van der Waals surface area contributed by atoms with E-state index in [-0.39, 0.29) is 29.6 Å². The molecular weight excluding hydrogens is 451 g/mol. The number of amides is 1. The maximum Gasteiger partial charge on any atom is 0.251 e. The van der Waals surface area contributed by atoms with E-state index in [0.29, 0.717) is 22.2 Å². The van der Waals surface area contributed by atoms with Crippen molar-refractivity contribution in [3.8, 4) is 0 Å². The number of fused-ring (bicyclic) bond motifs is 1. The number of halogens is 3. The molecule has 0 saturated heterocycles. The third kappa shape index (κ3) is 4.55. The van der Waals surface area contributed by atoms with Crippen LogP contribution in [0, 0.1) is 11.8 Å². The van der Waals surface area contributed by atoms with E-state index < -0.39 is 0 Å². The second-order valence-corrected chi connectivity index (χ2v) is 9.63. The SMILES string of the molecule is C/C=C(\C)C(=O)NC1=NCC2C1CCC(c1ccc(Cl)cc1Cl)C2c1ccc(Cl)cc1. The first-order valence-corrected chi connectivity index (χ1v) is 11.7. The number of hydrogen-bond donors (Lipinski definition) is 1. The monoisotopic (exact) mass is 474 g/mol. The number of nitrogens with one attached hydrogen (secondary N) is 1. The van der Waals surface area contributed by atoms with Gasteiger partial charge >= 0.3 is 0 Å². The van der Waals surface area contributed by atoms with Gasteiger partial charge in [-0.15, -0.1) is 0 Å². The lowest BCUT2D eigenvalue weighted by Gasteiger charge is -2.41. The summed E-state index contributed by atoms with van der Waals surface area (Å²) in [6.07, 6.45) is 3.72. The van der Waals surface area contributed by atoms with Crippen LogP contribution in [-0.2, 0) is 4.79 Å². The zero-order chi connectivity index (χ0) is 22.1. The average Bonchev–Trinajstić information content (AvgIpc) is 3.16. The van der Waals surface area contributed by atoms with Gasteiger partial charge in [0.15, 0.2) is 0 Å². The van der Waals surface area contributed by atoms with Crippen molar-refractivity contribution in [3.63, 3.8) is 0 Å². The molecule has 4 rings (SSSR count). The second-order valence-electron chi connectivity index (χ2n) is 8.35. The van der Waals surface area contributed by atoms with Crippen LogP contribution in [0.15, 0.2) is 59.1 Å². The van der Waals surface area contributed by atoms with E-state index in [4.69, 9.17) is 39.8 Å². The van der Waals surface area contributed by atoms with Gasteiger partial charge in [0.2, 0.25) is 0 Å². The summed E-state index contributed by atoms with van der Waals surface area (Å²) in [6, 6.07) is 13.9. The Labute approximate surface area is 198 Å². The summed E-state index contributed by atoms with van der Waals surface area (Å²) in [5.41, 5.74) is 3.04. The Morgan fingerprint density at radius 3 is 2.39 bits per heavy atom. The average molecular weight is 476 g/mol. The predicted octanol–water partition coefficient (Wildman–Crippen LogP) is 7.03. The van der Waals surface area contributed by atoms with Crippen molar-refractivity contribution in [1.29, 1.82) is 0 Å². The fourth-order valence-electron chi connectivity index (χ4n) is 5.00. The molecular formula is C25H25Cl3N2O. The van der Waals surface area contributed by atoms with Crippen molar-refractivity contribution in [2.24, 2.45) is 16.8 Å². The number of nitrogens with zero attached hydrogens (tertiary/aromatic N) is 1. The molecule has 1 saturated carbocycles. The number of carbonyl (C=O) groups excluding carboxylic acids is 1. The number of aliphatic imine (C=N–C) groups is 1. The Hall–Kier alpha value is -1.81. The van der Waals surface area contributed by atoms with Crippen LogP contribution >= 0.6 is 34.8 Å². The van der Waals surface area contributed by atoms with Gasteiger partial charge in [-0.05, 0) is 79.8 Å². The molecule has 1 aliphatic heterocycles. The van der Waals surface area contributed by atoms with Crippen LogP contribution in [0.2, 0.25) is 15.1 Å². The number of carbonyl (C=O) groups is 1. The minimum absolute atomic E-state index is 0.0761. The fraction of sp³-hybridized carbons (Fsp3) is 0.360. The molecule has 2 aliphatic rings. The zero-order valence-electron chi connectivity index (χ0n) is 17.5. The number of amidine groups is 1. The molecule has 0 radical (unpaired) electrons. The molecule has 1 aliphatic carbocycles. The molecule has 0 aromatic heterocycles. The molecule has 162 valence electrons. The van der Waals surface area contributed by atoms with Crippen LogP contribution in [0.4, 0.5) is 0 Å². The van der Waals surface area contributed by atoms with Gasteiger partial charge in [0, 0.05) is 33.1 Å². The van der Waals surface area contributed by atoms with Gasteiger partial charge in [-0.3, -0.25) is 9.79 Å². The Morgan fingerprint density at radius 2 is 1.71 bits per heavy atom. The lowest BCUT2D eigenvalue weighted by molar-refractivity contribution is -0.116. The lowest BCUT2D eigenvalue weighted by Crippen LogP contribution is -2.40. The Morgan fingerprint density at radius 1 is 1.03 bits per heavy atom. The summed E-state index contributed by atoms with van der Waals surface area (Å²) in [7, 11) is 0. The topological polar surface area (TPSA) is 41.5 Å². The molecule has 4 unspecified atom stereocenters. The van der Waals surface area contributed by atoms with Gasteiger partial charge in [0.25, 0.3) is 5.91 Å². The van der Waals surface area contributed by atoms with Crippen LogP contribution in [0.5, 0.6) is 0 Å². The van der Waals surface area contributed by atoms with Crippen molar-refractivity contribution in [2.75, 3.05) is 6.54 Å². The van der Waals surface area contributed by atoms with Crippen LogP contribution in [-0.4, -0.2) is 18.3 Å². The Bertz CT molecular complexity index is 1050. The highest BCUT2D eigenvalue weighted by Crippen LogP contribution is 2.53. The molecule has 2 aromatic rings. The van der Waals surface area contributed by atoms with Crippen molar-refractivity contribution < 1.29 is 4.79 Å². The minimum atomic E-state index is -0.0761. The van der Waals surface area contributed by atoms with Crippen molar-refractivity contribution in [1.82, 2.24) is 5.32 Å². The number of hydrogen-bond acceptors (Lipinski definition) is 2. The van der Waals surface area contributed by atoms with Gasteiger partial charge in [-0.1, -0.05) is 59.1 Å². The number of benzene rings is 2. The first-order valence-electron chi connectivity index (χ1n) is 10.6. The largest absolute Gasteiger partial charge is 0.310 e. The highest BCUT2D eigenvalue weighted by Gasteiger charge is 2.46. The maximum absolute atomic E-state index is 12.5. The van der Waals surface area contributed by atoms with E-state index in [0.717, 1.165) is 29.3 Å². The third-order valence-electron chi connectivity index (χ3n) is 6.67. The summed E-state index contributed by atoms with van der Waals surface area (Å²) in [5, 5.41) is 5.12. The zero-order valence-corrected chi connectivity index (χ0v) is 19.8. The van der Waals surface area contributed by atoms with Crippen LogP contribution in [0.25, 0.3) is 0 Å². The van der Waals surface area contributed by atoms with E-state index in [1.165, 1.54) is 5.56 Å². The molecule has 1 amide bonds. The first kappa shape index (κ1) is 22.4. The van der Waals surface area contributed by atoms with Crippen molar-refractivity contribution >= 4 is 46.5 Å². The van der Waals surface area contributed by atoms with E-state index in [1.807, 2.05) is 50.3 Å². The first-order chi connectivity index (χ1) is 14.9. The molecule has 1 fully saturated rings. The van der Waals surface area contributed by atoms with Gasteiger partial charge < -0.3 is 5.32 Å². The van der Waals surface area contributed by atoms with Crippen molar-refractivity contribution in [3.05, 3.63) is 80.3 Å². The highest BCUT2D eigenvalue weighted by molar-refractivity contribution is 6.35. The molecule has 31 heavy (non-hydrogen) atoms. The summed E-state index contributed by atoms with van der Waals surface area (Å²) in [6.45, 7) is 4.37. The molecule has 0 spiro atoms. The standard InChI is InChI=1S/C25H25Cl3N2O/c1-3-14(2)25(31)30-24-20-11-10-19(18-9-8-17(27)12-22(18)28)23(21(20)13-29-24)15-4-6-16(26)7-5-15/h3-9,12,19-21,23H,10-11,13H2,1-2H3,(H,29,30,31)/b14-3+. The van der Waals surface area contributed by atoms with Gasteiger partial charge in [0.05, 0.1) is 0 Å². The van der Waals surface area contributed by atoms with Crippen LogP contribution in [0.3, 0.4) is 0 Å². The summed E-state index contributed by atoms with van der Waals surface area (Å²) < 4.78 is 0. The molecule has 4 atom stereocenters.